The van der Waals surface area contributed by atoms with Gasteiger partial charge in [-0.3, -0.25) is 4.90 Å². The molecule has 0 amide bonds. The van der Waals surface area contributed by atoms with Gasteiger partial charge in [0.05, 0.1) is 40.9 Å². The summed E-state index contributed by atoms with van der Waals surface area (Å²) in [4.78, 5) is 11.7. The average Bonchev–Trinajstić information content (AvgIpc) is 3.58. The van der Waals surface area contributed by atoms with E-state index in [-0.39, 0.29) is 42.8 Å². The highest BCUT2D eigenvalue weighted by Crippen LogP contribution is 2.46. The second-order valence-electron chi connectivity index (χ2n) is 12.9. The smallest absolute Gasteiger partial charge is 0.417 e. The number of halogens is 5. The molecule has 12 heteroatoms. The van der Waals surface area contributed by atoms with E-state index in [9.17, 15) is 17.6 Å². The normalized spacial score (nSPS) is 32.7. The van der Waals surface area contributed by atoms with E-state index in [0.717, 1.165) is 62.4 Å². The molecule has 228 valence electrons. The van der Waals surface area contributed by atoms with Crippen molar-refractivity contribution >= 4 is 5.69 Å². The summed E-state index contributed by atoms with van der Waals surface area (Å²) >= 11 is 0. The number of ether oxygens (including phenoxy) is 2. The second kappa shape index (κ2) is 10.3. The first-order chi connectivity index (χ1) is 20.0. The number of piperidine rings is 1. The largest absolute Gasteiger partial charge is 0.461 e. The lowest BCUT2D eigenvalue weighted by Gasteiger charge is -2.34. The standard InChI is InChI=1S/C30H36F5N5O2/c1-15-7-21(36)26(32)24(25(15)30(33,34)35)23-10-22-20(13-41-23)27(16-8-18-3-4-19(9-16)37-18)39-28(38-22)42-14-29-5-2-6-40(29)12-17(31)11-29/h7,16-19,23,37H,2-6,8-14,36H2,1H3/t16?,17-,18?,19?,23+,29+/m1/s1. The van der Waals surface area contributed by atoms with Crippen LogP contribution < -0.4 is 15.8 Å². The minimum Gasteiger partial charge on any atom is -0.461 e. The quantitative estimate of drug-likeness (QED) is 0.360. The van der Waals surface area contributed by atoms with Crippen LogP contribution in [0.5, 0.6) is 6.01 Å². The molecule has 0 aliphatic carbocycles. The highest BCUT2D eigenvalue weighted by Gasteiger charge is 2.50. The number of aryl methyl sites for hydroxylation is 1. The van der Waals surface area contributed by atoms with Gasteiger partial charge in [-0.1, -0.05) is 0 Å². The number of aromatic nitrogens is 2. The van der Waals surface area contributed by atoms with Crippen molar-refractivity contribution in [3.05, 3.63) is 45.5 Å². The van der Waals surface area contributed by atoms with Gasteiger partial charge in [0.25, 0.3) is 0 Å². The number of hydrogen-bond acceptors (Lipinski definition) is 7. The monoisotopic (exact) mass is 593 g/mol. The van der Waals surface area contributed by atoms with Gasteiger partial charge < -0.3 is 20.5 Å². The molecule has 0 spiro atoms. The number of nitrogen functional groups attached to an aromatic ring is 1. The van der Waals surface area contributed by atoms with Crippen molar-refractivity contribution < 1.29 is 31.4 Å². The summed E-state index contributed by atoms with van der Waals surface area (Å²) in [5, 5.41) is 3.63. The number of fused-ring (bicyclic) bond motifs is 4. The van der Waals surface area contributed by atoms with Gasteiger partial charge >= 0.3 is 12.2 Å². The molecule has 7 nitrogen and oxygen atoms in total. The van der Waals surface area contributed by atoms with Crippen LogP contribution in [-0.2, 0) is 23.9 Å². The van der Waals surface area contributed by atoms with E-state index < -0.39 is 40.9 Å². The summed E-state index contributed by atoms with van der Waals surface area (Å²) in [7, 11) is 0. The summed E-state index contributed by atoms with van der Waals surface area (Å²) in [6, 6.07) is 1.91. The van der Waals surface area contributed by atoms with Crippen molar-refractivity contribution in [2.75, 3.05) is 25.4 Å². The molecule has 0 radical (unpaired) electrons. The molecule has 2 bridgehead atoms. The van der Waals surface area contributed by atoms with Crippen molar-refractivity contribution in [1.82, 2.24) is 20.2 Å². The molecule has 5 aliphatic rings. The Morgan fingerprint density at radius 2 is 1.98 bits per heavy atom. The number of nitrogens with two attached hydrogens (primary N) is 1. The predicted octanol–water partition coefficient (Wildman–Crippen LogP) is 5.29. The Kier molecular flexibility index (Phi) is 6.89. The predicted molar refractivity (Wildman–Crippen MR) is 144 cm³/mol. The van der Waals surface area contributed by atoms with Gasteiger partial charge in [0.15, 0.2) is 5.82 Å². The molecule has 1 aromatic heterocycles. The molecule has 4 saturated heterocycles. The Bertz CT molecular complexity index is 1380. The summed E-state index contributed by atoms with van der Waals surface area (Å²) in [6.07, 6.45) is -0.878. The van der Waals surface area contributed by atoms with Gasteiger partial charge in [-0.05, 0) is 63.6 Å². The van der Waals surface area contributed by atoms with Crippen LogP contribution in [0.4, 0.5) is 27.6 Å². The van der Waals surface area contributed by atoms with Crippen LogP contribution in [-0.4, -0.2) is 58.4 Å². The van der Waals surface area contributed by atoms with Crippen LogP contribution in [0.3, 0.4) is 0 Å². The molecule has 5 aliphatic heterocycles. The number of alkyl halides is 4. The van der Waals surface area contributed by atoms with Crippen LogP contribution in [0.1, 0.15) is 90.6 Å². The average molecular weight is 594 g/mol. The first-order valence-electron chi connectivity index (χ1n) is 15.0. The van der Waals surface area contributed by atoms with E-state index in [4.69, 9.17) is 20.2 Å². The van der Waals surface area contributed by atoms with E-state index in [1.165, 1.54) is 6.92 Å². The summed E-state index contributed by atoms with van der Waals surface area (Å²) < 4.78 is 84.4. The Hall–Kier alpha value is -2.57. The van der Waals surface area contributed by atoms with E-state index in [1.54, 1.807) is 0 Å². The molecule has 7 rings (SSSR count). The van der Waals surface area contributed by atoms with Crippen LogP contribution >= 0.6 is 0 Å². The molecule has 1 aromatic carbocycles. The summed E-state index contributed by atoms with van der Waals surface area (Å²) in [6.45, 7) is 2.69. The van der Waals surface area contributed by atoms with Crippen molar-refractivity contribution in [2.24, 2.45) is 0 Å². The van der Waals surface area contributed by atoms with Crippen LogP contribution in [0.25, 0.3) is 0 Å². The van der Waals surface area contributed by atoms with Crippen molar-refractivity contribution in [1.29, 1.82) is 0 Å². The molecule has 3 N–H and O–H groups in total. The van der Waals surface area contributed by atoms with Gasteiger partial charge in [0, 0.05) is 48.5 Å². The van der Waals surface area contributed by atoms with Crippen molar-refractivity contribution in [2.45, 2.75) is 107 Å². The molecule has 6 heterocycles. The molecule has 2 aromatic rings. The van der Waals surface area contributed by atoms with Gasteiger partial charge in [-0.2, -0.15) is 23.1 Å². The minimum absolute atomic E-state index is 0.0410. The highest BCUT2D eigenvalue weighted by atomic mass is 19.4. The number of nitrogens with zero attached hydrogens (tertiary/aromatic N) is 3. The SMILES string of the molecule is Cc1cc(N)c(F)c([C@@H]2Cc3nc(OC[C@@]45CCCN4C[C@H](F)C5)nc(C4CC5CCC(C4)N5)c3CO2)c1C(F)(F)F. The molecule has 5 atom stereocenters. The highest BCUT2D eigenvalue weighted by molar-refractivity contribution is 5.53. The Morgan fingerprint density at radius 3 is 2.71 bits per heavy atom. The van der Waals surface area contributed by atoms with Gasteiger partial charge in [0.1, 0.15) is 12.8 Å². The number of benzene rings is 1. The van der Waals surface area contributed by atoms with Crippen LogP contribution in [0, 0.1) is 12.7 Å². The third kappa shape index (κ3) is 4.83. The number of anilines is 1. The third-order valence-corrected chi connectivity index (χ3v) is 10.1. The second-order valence-corrected chi connectivity index (χ2v) is 12.9. The van der Waals surface area contributed by atoms with Crippen molar-refractivity contribution in [3.63, 3.8) is 0 Å². The fourth-order valence-electron chi connectivity index (χ4n) is 8.31. The number of hydrogen-bond donors (Lipinski definition) is 2. The van der Waals surface area contributed by atoms with E-state index in [2.05, 4.69) is 15.2 Å². The topological polar surface area (TPSA) is 85.5 Å². The summed E-state index contributed by atoms with van der Waals surface area (Å²) in [5.74, 6) is -1.01. The fourth-order valence-corrected chi connectivity index (χ4v) is 8.31. The lowest BCUT2D eigenvalue weighted by atomic mass is 9.85. The zero-order chi connectivity index (χ0) is 29.4. The van der Waals surface area contributed by atoms with Crippen LogP contribution in [0.15, 0.2) is 6.07 Å². The maximum Gasteiger partial charge on any atom is 0.417 e. The molecule has 42 heavy (non-hydrogen) atoms. The Balaban J connectivity index is 1.25. The zero-order valence-corrected chi connectivity index (χ0v) is 23.6. The third-order valence-electron chi connectivity index (χ3n) is 10.1. The Morgan fingerprint density at radius 1 is 1.21 bits per heavy atom. The zero-order valence-electron chi connectivity index (χ0n) is 23.6. The van der Waals surface area contributed by atoms with Gasteiger partial charge in [0.2, 0.25) is 0 Å². The number of rotatable bonds is 5. The first kappa shape index (κ1) is 28.2. The lowest BCUT2D eigenvalue weighted by Crippen LogP contribution is -2.43. The maximum atomic E-state index is 15.3. The molecule has 2 unspecified atom stereocenters. The first-order valence-corrected chi connectivity index (χ1v) is 15.0. The van der Waals surface area contributed by atoms with E-state index in [0.29, 0.717) is 30.7 Å². The van der Waals surface area contributed by atoms with E-state index in [1.807, 2.05) is 0 Å². The molecule has 4 fully saturated rings. The van der Waals surface area contributed by atoms with E-state index >= 15 is 4.39 Å². The number of nitrogens with one attached hydrogen (secondary N) is 1. The van der Waals surface area contributed by atoms with Gasteiger partial charge in [-0.15, -0.1) is 0 Å². The molecular weight excluding hydrogens is 557 g/mol. The molecule has 0 saturated carbocycles. The van der Waals surface area contributed by atoms with Crippen molar-refractivity contribution in [3.8, 4) is 6.01 Å². The fraction of sp³-hybridized carbons (Fsp3) is 0.667. The minimum atomic E-state index is -4.79. The summed E-state index contributed by atoms with van der Waals surface area (Å²) in [5.41, 5.74) is 5.25. The van der Waals surface area contributed by atoms with Gasteiger partial charge in [-0.25, -0.2) is 8.78 Å². The Labute approximate surface area is 241 Å². The van der Waals surface area contributed by atoms with Crippen LogP contribution in [0.2, 0.25) is 0 Å². The maximum absolute atomic E-state index is 15.3. The molecular formula is C30H36F5N5O2. The lowest BCUT2D eigenvalue weighted by molar-refractivity contribution is -0.140.